The fraction of sp³-hybridized carbons (Fsp3) is 0. The van der Waals surface area contributed by atoms with Gasteiger partial charge in [-0.05, 0) is 18.2 Å². The fourth-order valence-electron chi connectivity index (χ4n) is 1.47. The molecule has 6 nitrogen and oxygen atoms in total. The maximum absolute atomic E-state index is 11.9. The molecule has 0 aliphatic rings. The summed E-state index contributed by atoms with van der Waals surface area (Å²) in [5, 5.41) is 10.6. The van der Waals surface area contributed by atoms with Crippen LogP contribution in [0.3, 0.4) is 0 Å². The van der Waals surface area contributed by atoms with Crippen LogP contribution in [-0.4, -0.2) is 26.1 Å². The van der Waals surface area contributed by atoms with Gasteiger partial charge in [0, 0.05) is 6.99 Å². The van der Waals surface area contributed by atoms with Gasteiger partial charge >= 0.3 is 0 Å². The second-order valence-electron chi connectivity index (χ2n) is 3.33. The summed E-state index contributed by atoms with van der Waals surface area (Å²) in [6.07, 6.45) is 1.59. The van der Waals surface area contributed by atoms with Crippen molar-refractivity contribution in [2.75, 3.05) is 5.32 Å². The van der Waals surface area contributed by atoms with Crippen LogP contribution in [-0.2, 0) is 0 Å². The van der Waals surface area contributed by atoms with E-state index in [0.29, 0.717) is 10.7 Å². The highest BCUT2D eigenvalue weighted by molar-refractivity contribution is 7.13. The van der Waals surface area contributed by atoms with Crippen molar-refractivity contribution in [1.29, 1.82) is 0 Å². The van der Waals surface area contributed by atoms with E-state index in [-0.39, 0.29) is 7.33 Å². The van der Waals surface area contributed by atoms with Crippen LogP contribution in [0.25, 0.3) is 11.0 Å². The van der Waals surface area contributed by atoms with Crippen molar-refractivity contribution in [3.05, 3.63) is 35.6 Å². The van der Waals surface area contributed by atoms with Crippen LogP contribution in [0.4, 0.5) is 5.13 Å². The van der Waals surface area contributed by atoms with Crippen LogP contribution in [0, 0.1) is 0 Å². The molecule has 0 saturated carbocycles. The Morgan fingerprint density at radius 2 is 2.41 bits per heavy atom. The third kappa shape index (κ3) is 1.87. The molecule has 0 saturated heterocycles. The van der Waals surface area contributed by atoms with Gasteiger partial charge in [-0.15, -0.1) is 10.2 Å². The van der Waals surface area contributed by atoms with E-state index in [0.717, 1.165) is 11.0 Å². The van der Waals surface area contributed by atoms with Gasteiger partial charge in [0.15, 0.2) is 0 Å². The van der Waals surface area contributed by atoms with Gasteiger partial charge in [-0.25, -0.2) is 4.98 Å². The normalized spacial score (nSPS) is 10.6. The smallest absolute Gasteiger partial charge is 0.257 e. The van der Waals surface area contributed by atoms with E-state index in [1.165, 1.54) is 11.3 Å². The van der Waals surface area contributed by atoms with Crippen LogP contribution in [0.1, 0.15) is 11.8 Å². The van der Waals surface area contributed by atoms with Gasteiger partial charge in [0.25, 0.3) is 5.91 Å². The molecule has 0 radical (unpaired) electrons. The number of fused-ring (bicyclic) bond motifs is 1. The maximum atomic E-state index is 11.9. The minimum absolute atomic E-state index is 0. The number of amides is 1. The highest BCUT2D eigenvalue weighted by atomic mass is 32.1. The Morgan fingerprint density at radius 3 is 3.24 bits per heavy atom. The Morgan fingerprint density at radius 1 is 1.47 bits per heavy atom. The van der Waals surface area contributed by atoms with Crippen molar-refractivity contribution in [1.82, 2.24) is 20.2 Å². The molecule has 0 atom stereocenters. The van der Waals surface area contributed by atoms with Gasteiger partial charge in [0.2, 0.25) is 5.13 Å². The zero-order valence-electron chi connectivity index (χ0n) is 8.54. The van der Waals surface area contributed by atoms with Gasteiger partial charge in [-0.3, -0.25) is 10.1 Å². The van der Waals surface area contributed by atoms with E-state index >= 15 is 0 Å². The number of nitrogens with one attached hydrogen (secondary N) is 2. The van der Waals surface area contributed by atoms with Crippen molar-refractivity contribution in [2.24, 2.45) is 0 Å². The molecular weight excluding hydrogens is 238 g/mol. The lowest BCUT2D eigenvalue weighted by atomic mass is 10.2. The molecular formula is C10H9N5OS. The van der Waals surface area contributed by atoms with Gasteiger partial charge in [-0.2, -0.15) is 0 Å². The Labute approximate surface area is 101 Å². The first-order valence-electron chi connectivity index (χ1n) is 4.83. The van der Waals surface area contributed by atoms with Crippen molar-refractivity contribution >= 4 is 33.4 Å². The zero-order valence-corrected chi connectivity index (χ0v) is 9.36. The standard InChI is InChI=1S/C10H7N5OS.H2/c16-9(14-10-15-13-5-17-10)6-1-2-7-8(3-6)12-4-11-7;/h1-5H,(H,11,12)(H,14,15,16);1H. The zero-order chi connectivity index (χ0) is 11.7. The second kappa shape index (κ2) is 3.95. The molecule has 2 N–H and O–H groups in total. The maximum Gasteiger partial charge on any atom is 0.257 e. The molecule has 0 fully saturated rings. The third-order valence-electron chi connectivity index (χ3n) is 2.26. The molecule has 2 aromatic heterocycles. The quantitative estimate of drug-likeness (QED) is 0.724. The molecule has 1 amide bonds. The molecule has 86 valence electrons. The molecule has 7 heteroatoms. The number of hydrogen-bond acceptors (Lipinski definition) is 5. The number of imidazole rings is 1. The Bertz CT molecular complexity index is 666. The SMILES string of the molecule is O=C(Nc1nncs1)c1ccc2nc[nH]c2c1.[HH]. The average Bonchev–Trinajstić information content (AvgIpc) is 2.97. The second-order valence-corrected chi connectivity index (χ2v) is 4.17. The number of aromatic amines is 1. The lowest BCUT2D eigenvalue weighted by molar-refractivity contribution is 0.102. The van der Waals surface area contributed by atoms with Crippen LogP contribution in [0.2, 0.25) is 0 Å². The predicted molar refractivity (Wildman–Crippen MR) is 66.1 cm³/mol. The van der Waals surface area contributed by atoms with Crippen LogP contribution in [0.15, 0.2) is 30.0 Å². The number of carbonyl (C=O) groups is 1. The summed E-state index contributed by atoms with van der Waals surface area (Å²) in [7, 11) is 0. The highest BCUT2D eigenvalue weighted by Gasteiger charge is 2.09. The third-order valence-corrected chi connectivity index (χ3v) is 2.87. The van der Waals surface area contributed by atoms with Crippen molar-refractivity contribution in [2.45, 2.75) is 0 Å². The Hall–Kier alpha value is -2.28. The average molecular weight is 247 g/mol. The summed E-state index contributed by atoms with van der Waals surface area (Å²) in [5.74, 6) is -0.210. The number of nitrogens with zero attached hydrogens (tertiary/aromatic N) is 3. The molecule has 2 heterocycles. The predicted octanol–water partition coefficient (Wildman–Crippen LogP) is 1.91. The number of carbonyl (C=O) groups excluding carboxylic acids is 1. The number of benzene rings is 1. The number of hydrogen-bond donors (Lipinski definition) is 2. The van der Waals surface area contributed by atoms with E-state index in [1.54, 1.807) is 30.0 Å². The summed E-state index contributed by atoms with van der Waals surface area (Å²) in [4.78, 5) is 18.9. The number of H-pyrrole nitrogens is 1. The lowest BCUT2D eigenvalue weighted by Gasteiger charge is -2.00. The first kappa shape index (κ1) is 9.91. The summed E-state index contributed by atoms with van der Waals surface area (Å²) in [6.45, 7) is 0. The summed E-state index contributed by atoms with van der Waals surface area (Å²) >= 11 is 1.28. The molecule has 1 aromatic carbocycles. The monoisotopic (exact) mass is 247 g/mol. The van der Waals surface area contributed by atoms with Crippen LogP contribution < -0.4 is 5.32 Å². The first-order chi connectivity index (χ1) is 8.33. The lowest BCUT2D eigenvalue weighted by Crippen LogP contribution is -2.11. The van der Waals surface area contributed by atoms with Gasteiger partial charge in [0.05, 0.1) is 17.4 Å². The van der Waals surface area contributed by atoms with E-state index in [2.05, 4.69) is 25.5 Å². The Kier molecular flexibility index (Phi) is 2.30. The van der Waals surface area contributed by atoms with Crippen molar-refractivity contribution in [3.63, 3.8) is 0 Å². The van der Waals surface area contributed by atoms with Crippen molar-refractivity contribution in [3.8, 4) is 0 Å². The van der Waals surface area contributed by atoms with E-state index in [4.69, 9.17) is 0 Å². The number of rotatable bonds is 2. The Balaban J connectivity index is 0.00000120. The van der Waals surface area contributed by atoms with E-state index in [1.807, 2.05) is 0 Å². The van der Waals surface area contributed by atoms with Gasteiger partial charge in [0.1, 0.15) is 5.51 Å². The van der Waals surface area contributed by atoms with Crippen molar-refractivity contribution < 1.29 is 6.22 Å². The molecule has 17 heavy (non-hydrogen) atoms. The van der Waals surface area contributed by atoms with Crippen LogP contribution in [0.5, 0.6) is 0 Å². The number of anilines is 1. The minimum Gasteiger partial charge on any atom is -0.345 e. The molecule has 0 bridgehead atoms. The first-order valence-corrected chi connectivity index (χ1v) is 5.71. The molecule has 0 aliphatic heterocycles. The van der Waals surface area contributed by atoms with E-state index in [9.17, 15) is 4.79 Å². The molecule has 0 aliphatic carbocycles. The highest BCUT2D eigenvalue weighted by Crippen LogP contribution is 2.14. The minimum atomic E-state index is -0.210. The molecule has 3 aromatic rings. The molecule has 0 spiro atoms. The summed E-state index contributed by atoms with van der Waals surface area (Å²) in [5.41, 5.74) is 3.78. The summed E-state index contributed by atoms with van der Waals surface area (Å²) in [6, 6.07) is 5.26. The number of aromatic nitrogens is 4. The largest absolute Gasteiger partial charge is 0.345 e. The fourth-order valence-corrected chi connectivity index (χ4v) is 1.91. The van der Waals surface area contributed by atoms with Crippen LogP contribution >= 0.6 is 11.3 Å². The van der Waals surface area contributed by atoms with E-state index < -0.39 is 0 Å². The summed E-state index contributed by atoms with van der Waals surface area (Å²) < 4.78 is 0. The molecule has 3 rings (SSSR count). The molecule has 0 unspecified atom stereocenters. The topological polar surface area (TPSA) is 83.6 Å². The van der Waals surface area contributed by atoms with Gasteiger partial charge in [-0.1, -0.05) is 11.3 Å². The van der Waals surface area contributed by atoms with Gasteiger partial charge < -0.3 is 4.98 Å².